The molecule has 0 spiro atoms. The van der Waals surface area contributed by atoms with Gasteiger partial charge in [0, 0.05) is 25.7 Å². The zero-order valence-electron chi connectivity index (χ0n) is 13.7. The van der Waals surface area contributed by atoms with Gasteiger partial charge in [-0.3, -0.25) is 15.0 Å². The summed E-state index contributed by atoms with van der Waals surface area (Å²) in [6, 6.07) is 0.473. The van der Waals surface area contributed by atoms with Crippen molar-refractivity contribution < 1.29 is 14.3 Å². The van der Waals surface area contributed by atoms with Crippen LogP contribution in [0.5, 0.6) is 0 Å². The maximum absolute atomic E-state index is 12.4. The first-order valence-corrected chi connectivity index (χ1v) is 8.36. The van der Waals surface area contributed by atoms with E-state index >= 15 is 0 Å². The highest BCUT2D eigenvalue weighted by Crippen LogP contribution is 2.24. The lowest BCUT2D eigenvalue weighted by molar-refractivity contribution is -0.151. The second-order valence-corrected chi connectivity index (χ2v) is 6.43. The summed E-state index contributed by atoms with van der Waals surface area (Å²) in [6.07, 6.45) is 4.91. The Morgan fingerprint density at radius 2 is 2.14 bits per heavy atom. The van der Waals surface area contributed by atoms with Crippen molar-refractivity contribution in [1.29, 1.82) is 0 Å². The quantitative estimate of drug-likeness (QED) is 0.655. The van der Waals surface area contributed by atoms with E-state index in [2.05, 4.69) is 17.1 Å². The smallest absolute Gasteiger partial charge is 0.327 e. The molecule has 2 aliphatic rings. The Kier molecular flexibility index (Phi) is 6.02. The van der Waals surface area contributed by atoms with Gasteiger partial charge in [-0.15, -0.1) is 0 Å². The molecule has 1 saturated carbocycles. The van der Waals surface area contributed by atoms with Crippen molar-refractivity contribution in [1.82, 2.24) is 10.2 Å². The van der Waals surface area contributed by atoms with E-state index in [1.807, 2.05) is 13.8 Å². The lowest BCUT2D eigenvalue weighted by Gasteiger charge is -2.35. The van der Waals surface area contributed by atoms with Gasteiger partial charge in [0.2, 0.25) is 0 Å². The van der Waals surface area contributed by atoms with Crippen molar-refractivity contribution in [3.05, 3.63) is 0 Å². The van der Waals surface area contributed by atoms with E-state index in [0.29, 0.717) is 25.3 Å². The van der Waals surface area contributed by atoms with Crippen molar-refractivity contribution in [2.75, 3.05) is 32.8 Å². The molecule has 0 bridgehead atoms. The number of hydrogen-bond acceptors (Lipinski definition) is 5. The van der Waals surface area contributed by atoms with Gasteiger partial charge in [-0.05, 0) is 46.1 Å². The number of nitrogens with zero attached hydrogens (tertiary/aromatic N) is 1. The fraction of sp³-hybridized carbons (Fsp3) is 0.938. The minimum atomic E-state index is -0.619. The van der Waals surface area contributed by atoms with Crippen LogP contribution in [0.1, 0.15) is 46.5 Å². The molecule has 1 aliphatic carbocycles. The molecule has 0 radical (unpaired) electrons. The minimum Gasteiger partial charge on any atom is -0.465 e. The number of likely N-dealkylation sites (N-methyl/N-ethyl adjacent to an activating group) is 1. The number of hydrogen-bond donors (Lipinski definition) is 1. The van der Waals surface area contributed by atoms with Crippen LogP contribution in [0.15, 0.2) is 0 Å². The number of nitrogens with one attached hydrogen (secondary N) is 1. The predicted octanol–water partition coefficient (Wildman–Crippen LogP) is 1.56. The van der Waals surface area contributed by atoms with Crippen LogP contribution in [0.4, 0.5) is 0 Å². The third-order valence-corrected chi connectivity index (χ3v) is 4.30. The third kappa shape index (κ3) is 4.94. The monoisotopic (exact) mass is 298 g/mol. The Labute approximate surface area is 128 Å². The zero-order valence-corrected chi connectivity index (χ0v) is 13.7. The van der Waals surface area contributed by atoms with Gasteiger partial charge in [-0.25, -0.2) is 0 Å². The number of rotatable bonds is 9. The lowest BCUT2D eigenvalue weighted by atomic mass is 10.0. The van der Waals surface area contributed by atoms with Crippen LogP contribution in [-0.4, -0.2) is 61.4 Å². The summed E-state index contributed by atoms with van der Waals surface area (Å²) >= 11 is 0. The second kappa shape index (κ2) is 7.56. The Bertz CT molecular complexity index is 340. The van der Waals surface area contributed by atoms with Gasteiger partial charge < -0.3 is 9.47 Å². The molecule has 0 amide bonds. The maximum atomic E-state index is 12.4. The molecule has 0 aromatic rings. The zero-order chi connectivity index (χ0) is 15.3. The van der Waals surface area contributed by atoms with E-state index in [0.717, 1.165) is 45.4 Å². The van der Waals surface area contributed by atoms with Crippen molar-refractivity contribution >= 4 is 5.97 Å². The highest BCUT2D eigenvalue weighted by molar-refractivity contribution is 5.80. The second-order valence-electron chi connectivity index (χ2n) is 6.43. The molecule has 2 atom stereocenters. The standard InChI is InChI=1S/C16H30N2O3/c1-4-18(11-14-7-6-10-21-14)12-16(3,15(19)20-5-2)17-13-8-9-13/h13-14,17H,4-12H2,1-3H3. The van der Waals surface area contributed by atoms with Crippen molar-refractivity contribution in [2.45, 2.75) is 64.1 Å². The first-order chi connectivity index (χ1) is 10.1. The molecule has 1 N–H and O–H groups in total. The predicted molar refractivity (Wildman–Crippen MR) is 82.3 cm³/mol. The van der Waals surface area contributed by atoms with Crippen LogP contribution in [-0.2, 0) is 14.3 Å². The van der Waals surface area contributed by atoms with Gasteiger partial charge in [-0.2, -0.15) is 0 Å². The van der Waals surface area contributed by atoms with Crippen LogP contribution in [0.3, 0.4) is 0 Å². The van der Waals surface area contributed by atoms with Crippen molar-refractivity contribution in [3.8, 4) is 0 Å². The lowest BCUT2D eigenvalue weighted by Crippen LogP contribution is -2.59. The summed E-state index contributed by atoms with van der Waals surface area (Å²) in [4.78, 5) is 14.7. The first-order valence-electron chi connectivity index (χ1n) is 8.36. The summed E-state index contributed by atoms with van der Waals surface area (Å²) in [6.45, 7) is 9.77. The normalized spacial score (nSPS) is 25.0. The van der Waals surface area contributed by atoms with E-state index in [1.54, 1.807) is 0 Å². The van der Waals surface area contributed by atoms with E-state index in [9.17, 15) is 4.79 Å². The van der Waals surface area contributed by atoms with Crippen molar-refractivity contribution in [2.24, 2.45) is 0 Å². The highest BCUT2D eigenvalue weighted by atomic mass is 16.5. The molecule has 5 nitrogen and oxygen atoms in total. The fourth-order valence-corrected chi connectivity index (χ4v) is 2.97. The maximum Gasteiger partial charge on any atom is 0.327 e. The summed E-state index contributed by atoms with van der Waals surface area (Å²) < 4.78 is 11.0. The Morgan fingerprint density at radius 3 is 2.67 bits per heavy atom. The van der Waals surface area contributed by atoms with Crippen LogP contribution in [0, 0.1) is 0 Å². The van der Waals surface area contributed by atoms with Crippen LogP contribution in [0.2, 0.25) is 0 Å². The molecule has 1 saturated heterocycles. The fourth-order valence-electron chi connectivity index (χ4n) is 2.97. The van der Waals surface area contributed by atoms with E-state index in [1.165, 1.54) is 0 Å². The molecule has 5 heteroatoms. The van der Waals surface area contributed by atoms with Crippen molar-refractivity contribution in [3.63, 3.8) is 0 Å². The molecule has 0 aromatic carbocycles. The number of esters is 1. The Hall–Kier alpha value is -0.650. The van der Waals surface area contributed by atoms with Gasteiger partial charge in [0.15, 0.2) is 0 Å². The summed E-state index contributed by atoms with van der Waals surface area (Å²) in [5.41, 5.74) is -0.619. The first kappa shape index (κ1) is 16.7. The molecule has 21 heavy (non-hydrogen) atoms. The average Bonchev–Trinajstić information content (AvgIpc) is 3.11. The number of carbonyl (C=O) groups excluding carboxylic acids is 1. The van der Waals surface area contributed by atoms with Crippen LogP contribution >= 0.6 is 0 Å². The number of ether oxygens (including phenoxy) is 2. The molecule has 2 unspecified atom stereocenters. The molecule has 122 valence electrons. The highest BCUT2D eigenvalue weighted by Gasteiger charge is 2.41. The molecular weight excluding hydrogens is 268 g/mol. The molecule has 1 aliphatic heterocycles. The largest absolute Gasteiger partial charge is 0.465 e. The van der Waals surface area contributed by atoms with E-state index < -0.39 is 5.54 Å². The van der Waals surface area contributed by atoms with Crippen LogP contribution < -0.4 is 5.32 Å². The van der Waals surface area contributed by atoms with Gasteiger partial charge >= 0.3 is 5.97 Å². The third-order valence-electron chi connectivity index (χ3n) is 4.30. The number of carbonyl (C=O) groups is 1. The minimum absolute atomic E-state index is 0.136. The summed E-state index contributed by atoms with van der Waals surface area (Å²) in [5, 5.41) is 3.48. The topological polar surface area (TPSA) is 50.8 Å². The Balaban J connectivity index is 1.95. The molecule has 2 fully saturated rings. The summed E-state index contributed by atoms with van der Waals surface area (Å²) in [5.74, 6) is -0.136. The van der Waals surface area contributed by atoms with Gasteiger partial charge in [0.25, 0.3) is 0 Å². The van der Waals surface area contributed by atoms with E-state index in [4.69, 9.17) is 9.47 Å². The molecule has 2 rings (SSSR count). The van der Waals surface area contributed by atoms with Gasteiger partial charge in [0.1, 0.15) is 5.54 Å². The molecule has 1 heterocycles. The summed E-state index contributed by atoms with van der Waals surface area (Å²) in [7, 11) is 0. The molecular formula is C16H30N2O3. The van der Waals surface area contributed by atoms with Gasteiger partial charge in [-0.1, -0.05) is 6.92 Å². The SMILES string of the molecule is CCOC(=O)C(C)(CN(CC)CC1CCCO1)NC1CC1. The van der Waals surface area contributed by atoms with E-state index in [-0.39, 0.29) is 5.97 Å². The molecule has 0 aromatic heterocycles. The average molecular weight is 298 g/mol. The van der Waals surface area contributed by atoms with Gasteiger partial charge in [0.05, 0.1) is 12.7 Å². The Morgan fingerprint density at radius 1 is 1.38 bits per heavy atom. The van der Waals surface area contributed by atoms with Crippen LogP contribution in [0.25, 0.3) is 0 Å².